The lowest BCUT2D eigenvalue weighted by atomic mass is 10.1. The van der Waals surface area contributed by atoms with Crippen LogP contribution in [-0.4, -0.2) is 41.6 Å². The second-order valence-corrected chi connectivity index (χ2v) is 6.40. The maximum atomic E-state index is 13.0. The largest absolute Gasteiger partial charge is 0.385 e. The molecule has 2 heterocycles. The molecule has 0 radical (unpaired) electrons. The average Bonchev–Trinajstić information content (AvgIpc) is 3.07. The molecule has 27 heavy (non-hydrogen) atoms. The quantitative estimate of drug-likeness (QED) is 0.729. The lowest BCUT2D eigenvalue weighted by molar-refractivity contribution is 0.0942. The number of halogens is 1. The number of hydrogen-bond donors (Lipinski definition) is 2. The van der Waals surface area contributed by atoms with E-state index in [0.29, 0.717) is 43.9 Å². The molecule has 0 unspecified atom stereocenters. The number of aromatic nitrogens is 2. The van der Waals surface area contributed by atoms with Gasteiger partial charge in [-0.25, -0.2) is 9.37 Å². The Morgan fingerprint density at radius 1 is 1.22 bits per heavy atom. The molecule has 0 saturated heterocycles. The highest BCUT2D eigenvalue weighted by Crippen LogP contribution is 2.22. The van der Waals surface area contributed by atoms with E-state index in [-0.39, 0.29) is 17.5 Å². The molecule has 1 aromatic heterocycles. The van der Waals surface area contributed by atoms with Crippen molar-refractivity contribution in [3.05, 3.63) is 47.3 Å². The first-order valence-electron chi connectivity index (χ1n) is 9.03. The fourth-order valence-electron chi connectivity index (χ4n) is 3.12. The van der Waals surface area contributed by atoms with E-state index in [2.05, 4.69) is 15.6 Å². The van der Waals surface area contributed by atoms with Gasteiger partial charge in [-0.05, 0) is 49.9 Å². The van der Waals surface area contributed by atoms with Gasteiger partial charge in [0.15, 0.2) is 5.82 Å². The summed E-state index contributed by atoms with van der Waals surface area (Å²) in [5, 5.41) is 5.53. The van der Waals surface area contributed by atoms with E-state index in [9.17, 15) is 14.0 Å². The first-order chi connectivity index (χ1) is 13.1. The number of methoxy groups -OCH3 is 1. The lowest BCUT2D eigenvalue weighted by Crippen LogP contribution is -2.27. The van der Waals surface area contributed by atoms with Gasteiger partial charge in [-0.1, -0.05) is 0 Å². The van der Waals surface area contributed by atoms with Crippen LogP contribution >= 0.6 is 0 Å². The highest BCUT2D eigenvalue weighted by Gasteiger charge is 2.27. The highest BCUT2D eigenvalue weighted by molar-refractivity contribution is 6.03. The molecule has 2 aromatic rings. The van der Waals surface area contributed by atoms with Gasteiger partial charge in [-0.3, -0.25) is 9.59 Å². The summed E-state index contributed by atoms with van der Waals surface area (Å²) < 4.78 is 19.8. The molecule has 2 N–H and O–H groups in total. The van der Waals surface area contributed by atoms with Crippen molar-refractivity contribution in [1.82, 2.24) is 14.9 Å². The minimum absolute atomic E-state index is 0.205. The molecule has 0 spiro atoms. The Labute approximate surface area is 156 Å². The fourth-order valence-corrected chi connectivity index (χ4v) is 3.12. The molecule has 1 aliphatic heterocycles. The van der Waals surface area contributed by atoms with Crippen LogP contribution in [0.3, 0.4) is 0 Å². The van der Waals surface area contributed by atoms with E-state index in [4.69, 9.17) is 4.74 Å². The Morgan fingerprint density at radius 3 is 2.74 bits per heavy atom. The summed E-state index contributed by atoms with van der Waals surface area (Å²) in [5.41, 5.74) is 1.56. The van der Waals surface area contributed by atoms with Crippen LogP contribution in [0, 0.1) is 5.82 Å². The van der Waals surface area contributed by atoms with Gasteiger partial charge in [-0.15, -0.1) is 0 Å². The monoisotopic (exact) mass is 374 g/mol. The summed E-state index contributed by atoms with van der Waals surface area (Å²) in [6.45, 7) is 1.69. The van der Waals surface area contributed by atoms with Gasteiger partial charge in [-0.2, -0.15) is 0 Å². The van der Waals surface area contributed by atoms with E-state index in [1.54, 1.807) is 7.11 Å². The van der Waals surface area contributed by atoms with E-state index in [0.717, 1.165) is 18.5 Å². The van der Waals surface area contributed by atoms with Crippen molar-refractivity contribution in [1.29, 1.82) is 0 Å². The maximum absolute atomic E-state index is 13.0. The predicted molar refractivity (Wildman–Crippen MR) is 98.3 cm³/mol. The molecule has 1 aliphatic rings. The third-order valence-electron chi connectivity index (χ3n) is 4.45. The highest BCUT2D eigenvalue weighted by atomic mass is 19.1. The van der Waals surface area contributed by atoms with Crippen molar-refractivity contribution in [2.24, 2.45) is 0 Å². The van der Waals surface area contributed by atoms with E-state index >= 15 is 0 Å². The molecule has 0 bridgehead atoms. The van der Waals surface area contributed by atoms with Crippen molar-refractivity contribution < 1.29 is 18.7 Å². The zero-order valence-electron chi connectivity index (χ0n) is 15.3. The Bertz CT molecular complexity index is 817. The van der Waals surface area contributed by atoms with Crippen molar-refractivity contribution in [3.8, 4) is 0 Å². The third-order valence-corrected chi connectivity index (χ3v) is 4.45. The number of carbonyl (C=O) groups is 2. The molecule has 2 amide bonds. The number of imidazole rings is 1. The van der Waals surface area contributed by atoms with Gasteiger partial charge in [0.1, 0.15) is 11.5 Å². The molecule has 0 saturated carbocycles. The Balaban J connectivity index is 1.78. The summed E-state index contributed by atoms with van der Waals surface area (Å²) >= 11 is 0. The van der Waals surface area contributed by atoms with Crippen LogP contribution in [0.25, 0.3) is 0 Å². The molecule has 144 valence electrons. The van der Waals surface area contributed by atoms with Gasteiger partial charge in [0.25, 0.3) is 11.8 Å². The third kappa shape index (κ3) is 4.51. The van der Waals surface area contributed by atoms with Gasteiger partial charge in [0, 0.05) is 32.5 Å². The first-order valence-corrected chi connectivity index (χ1v) is 9.03. The van der Waals surface area contributed by atoms with Gasteiger partial charge in [0.2, 0.25) is 0 Å². The average molecular weight is 374 g/mol. The van der Waals surface area contributed by atoms with Crippen LogP contribution in [0.1, 0.15) is 46.1 Å². The van der Waals surface area contributed by atoms with E-state index in [1.165, 1.54) is 24.3 Å². The minimum atomic E-state index is -0.414. The number of anilines is 1. The molecule has 1 aromatic carbocycles. The lowest BCUT2D eigenvalue weighted by Gasteiger charge is -2.17. The summed E-state index contributed by atoms with van der Waals surface area (Å²) in [6.07, 6.45) is 3.29. The Hall–Kier alpha value is -2.74. The number of carbonyl (C=O) groups excluding carboxylic acids is 2. The number of ether oxygens (including phenoxy) is 1. The summed E-state index contributed by atoms with van der Waals surface area (Å²) in [7, 11) is 1.61. The van der Waals surface area contributed by atoms with Crippen LogP contribution in [0.15, 0.2) is 24.3 Å². The number of nitrogens with one attached hydrogen (secondary N) is 2. The SMILES string of the molecule is COCCCNC(=O)c1nc(C(=O)Nc2ccc(F)cc2)n2c1CCCC2. The van der Waals surface area contributed by atoms with Crippen molar-refractivity contribution in [2.45, 2.75) is 32.2 Å². The summed E-state index contributed by atoms with van der Waals surface area (Å²) in [4.78, 5) is 29.5. The van der Waals surface area contributed by atoms with E-state index in [1.807, 2.05) is 4.57 Å². The molecule has 3 rings (SSSR count). The number of hydrogen-bond acceptors (Lipinski definition) is 4. The predicted octanol–water partition coefficient (Wildman–Crippen LogP) is 2.38. The second-order valence-electron chi connectivity index (χ2n) is 6.40. The number of rotatable bonds is 7. The minimum Gasteiger partial charge on any atom is -0.385 e. The molecule has 7 nitrogen and oxygen atoms in total. The van der Waals surface area contributed by atoms with Crippen molar-refractivity contribution >= 4 is 17.5 Å². The van der Waals surface area contributed by atoms with Crippen molar-refractivity contribution in [3.63, 3.8) is 0 Å². The molecule has 8 heteroatoms. The van der Waals surface area contributed by atoms with Gasteiger partial charge >= 0.3 is 0 Å². The van der Waals surface area contributed by atoms with Crippen LogP contribution in [0.5, 0.6) is 0 Å². The smallest absolute Gasteiger partial charge is 0.291 e. The zero-order valence-corrected chi connectivity index (χ0v) is 15.3. The molecular weight excluding hydrogens is 351 g/mol. The zero-order chi connectivity index (χ0) is 19.2. The first kappa shape index (κ1) is 19.0. The van der Waals surface area contributed by atoms with Crippen molar-refractivity contribution in [2.75, 3.05) is 25.6 Å². The molecule has 0 aliphatic carbocycles. The van der Waals surface area contributed by atoms with Crippen LogP contribution < -0.4 is 10.6 Å². The number of nitrogens with zero attached hydrogens (tertiary/aromatic N) is 2. The van der Waals surface area contributed by atoms with E-state index < -0.39 is 5.91 Å². The molecule has 0 atom stereocenters. The maximum Gasteiger partial charge on any atom is 0.291 e. The Morgan fingerprint density at radius 2 is 2.00 bits per heavy atom. The van der Waals surface area contributed by atoms with Crippen LogP contribution in [-0.2, 0) is 17.7 Å². The molecule has 0 fully saturated rings. The van der Waals surface area contributed by atoms with Gasteiger partial charge in [0.05, 0.1) is 5.69 Å². The standard InChI is InChI=1S/C19H23FN4O3/c1-27-12-4-10-21-18(25)16-15-5-2-3-11-24(15)17(23-16)19(26)22-14-8-6-13(20)7-9-14/h6-9H,2-5,10-12H2,1H3,(H,21,25)(H,22,26). The number of benzene rings is 1. The second kappa shape index (κ2) is 8.77. The number of fused-ring (bicyclic) bond motifs is 1. The fraction of sp³-hybridized carbons (Fsp3) is 0.421. The van der Waals surface area contributed by atoms with Gasteiger partial charge < -0.3 is 19.9 Å². The van der Waals surface area contributed by atoms with Crippen LogP contribution in [0.2, 0.25) is 0 Å². The molecular formula is C19H23FN4O3. The summed E-state index contributed by atoms with van der Waals surface area (Å²) in [6, 6.07) is 5.51. The number of amides is 2. The Kier molecular flexibility index (Phi) is 6.18. The topological polar surface area (TPSA) is 85.2 Å². The van der Waals surface area contributed by atoms with Crippen LogP contribution in [0.4, 0.5) is 10.1 Å². The normalized spacial score (nSPS) is 13.1. The summed E-state index contributed by atoms with van der Waals surface area (Å²) in [5.74, 6) is -0.865.